The number of aromatic nitrogens is 2. The van der Waals surface area contributed by atoms with Gasteiger partial charge in [0.2, 0.25) is 0 Å². The van der Waals surface area contributed by atoms with Crippen LogP contribution in [0.5, 0.6) is 0 Å². The summed E-state index contributed by atoms with van der Waals surface area (Å²) in [7, 11) is 0. The third-order valence-electron chi connectivity index (χ3n) is 3.52. The highest BCUT2D eigenvalue weighted by atomic mass is 16.4. The Hall–Kier alpha value is -1.85. The Balaban J connectivity index is 1.89. The molecule has 19 heavy (non-hydrogen) atoms. The maximum Gasteiger partial charge on any atom is 0.325 e. The van der Waals surface area contributed by atoms with Gasteiger partial charge in [0.05, 0.1) is 0 Å². The van der Waals surface area contributed by atoms with Gasteiger partial charge in [-0.1, -0.05) is 6.92 Å². The van der Waals surface area contributed by atoms with E-state index in [1.165, 1.54) is 10.9 Å². The number of rotatable bonds is 4. The third kappa shape index (κ3) is 3.81. The van der Waals surface area contributed by atoms with Gasteiger partial charge in [0.15, 0.2) is 0 Å². The van der Waals surface area contributed by atoms with E-state index in [9.17, 15) is 9.59 Å². The lowest BCUT2D eigenvalue weighted by atomic mass is 9.87. The zero-order valence-corrected chi connectivity index (χ0v) is 11.0. The lowest BCUT2D eigenvalue weighted by Gasteiger charge is -2.26. The summed E-state index contributed by atoms with van der Waals surface area (Å²) in [6, 6.07) is 1.76. The van der Waals surface area contributed by atoms with Gasteiger partial charge in [-0.15, -0.1) is 0 Å². The standard InChI is InChI=1S/C13H19N3O3/c1-9-2-4-10(5-3-9)14-13(19)11-6-7-16(15-11)8-12(17)18/h6-7,9-10H,2-5,8H2,1H3,(H,14,19)(H,17,18). The van der Waals surface area contributed by atoms with Gasteiger partial charge in [-0.25, -0.2) is 0 Å². The number of hydrogen-bond acceptors (Lipinski definition) is 3. The minimum atomic E-state index is -0.976. The Morgan fingerprint density at radius 3 is 2.74 bits per heavy atom. The fourth-order valence-corrected chi connectivity index (χ4v) is 2.37. The smallest absolute Gasteiger partial charge is 0.325 e. The van der Waals surface area contributed by atoms with Crippen LogP contribution in [0.25, 0.3) is 0 Å². The number of carboxylic acid groups (broad SMARTS) is 1. The molecule has 1 saturated carbocycles. The number of amides is 1. The van der Waals surface area contributed by atoms with Crippen LogP contribution in [0.1, 0.15) is 43.1 Å². The van der Waals surface area contributed by atoms with Crippen molar-refractivity contribution in [3.8, 4) is 0 Å². The van der Waals surface area contributed by atoms with Crippen molar-refractivity contribution in [3.05, 3.63) is 18.0 Å². The molecule has 104 valence electrons. The molecule has 0 spiro atoms. The Bertz CT molecular complexity index is 461. The molecule has 1 amide bonds. The highest BCUT2D eigenvalue weighted by Crippen LogP contribution is 2.23. The number of aliphatic carboxylic acids is 1. The van der Waals surface area contributed by atoms with Crippen LogP contribution in [0.4, 0.5) is 0 Å². The molecular weight excluding hydrogens is 246 g/mol. The quantitative estimate of drug-likeness (QED) is 0.858. The number of hydrogen-bond donors (Lipinski definition) is 2. The number of carbonyl (C=O) groups is 2. The second-order valence-corrected chi connectivity index (χ2v) is 5.22. The molecule has 0 saturated heterocycles. The van der Waals surface area contributed by atoms with Crippen molar-refractivity contribution in [2.45, 2.75) is 45.2 Å². The topological polar surface area (TPSA) is 84.2 Å². The normalized spacial score (nSPS) is 23.0. The maximum atomic E-state index is 12.0. The van der Waals surface area contributed by atoms with Crippen molar-refractivity contribution in [1.82, 2.24) is 15.1 Å². The first kappa shape index (κ1) is 13.6. The molecule has 0 radical (unpaired) electrons. The minimum Gasteiger partial charge on any atom is -0.480 e. The lowest BCUT2D eigenvalue weighted by molar-refractivity contribution is -0.137. The van der Waals surface area contributed by atoms with E-state index in [0.29, 0.717) is 0 Å². The van der Waals surface area contributed by atoms with E-state index in [4.69, 9.17) is 5.11 Å². The number of nitrogens with zero attached hydrogens (tertiary/aromatic N) is 2. The van der Waals surface area contributed by atoms with Crippen LogP contribution in [-0.4, -0.2) is 32.8 Å². The van der Waals surface area contributed by atoms with Gasteiger partial charge >= 0.3 is 5.97 Å². The summed E-state index contributed by atoms with van der Waals surface area (Å²) in [5.41, 5.74) is 0.278. The molecule has 1 aromatic heterocycles. The van der Waals surface area contributed by atoms with Crippen molar-refractivity contribution >= 4 is 11.9 Å². The van der Waals surface area contributed by atoms with Crippen LogP contribution in [0.3, 0.4) is 0 Å². The highest BCUT2D eigenvalue weighted by molar-refractivity contribution is 5.92. The monoisotopic (exact) mass is 265 g/mol. The summed E-state index contributed by atoms with van der Waals surface area (Å²) in [4.78, 5) is 22.5. The summed E-state index contributed by atoms with van der Waals surface area (Å²) in [6.07, 6.45) is 5.79. The molecule has 0 aliphatic heterocycles. The fourth-order valence-electron chi connectivity index (χ4n) is 2.37. The van der Waals surface area contributed by atoms with E-state index in [1.54, 1.807) is 6.07 Å². The van der Waals surface area contributed by atoms with Crippen molar-refractivity contribution < 1.29 is 14.7 Å². The summed E-state index contributed by atoms with van der Waals surface area (Å²) in [6.45, 7) is 2.00. The first-order valence-electron chi connectivity index (χ1n) is 6.60. The van der Waals surface area contributed by atoms with Crippen molar-refractivity contribution in [3.63, 3.8) is 0 Å². The number of carboxylic acids is 1. The molecule has 0 atom stereocenters. The molecule has 0 aromatic carbocycles. The van der Waals surface area contributed by atoms with E-state index in [0.717, 1.165) is 31.6 Å². The zero-order chi connectivity index (χ0) is 13.8. The SMILES string of the molecule is CC1CCC(NC(=O)c2ccn(CC(=O)O)n2)CC1. The first-order valence-corrected chi connectivity index (χ1v) is 6.60. The second-order valence-electron chi connectivity index (χ2n) is 5.22. The van der Waals surface area contributed by atoms with E-state index in [2.05, 4.69) is 17.3 Å². The van der Waals surface area contributed by atoms with Crippen LogP contribution in [0, 0.1) is 5.92 Å². The van der Waals surface area contributed by atoms with E-state index < -0.39 is 5.97 Å². The summed E-state index contributed by atoms with van der Waals surface area (Å²) in [5.74, 6) is -0.456. The van der Waals surface area contributed by atoms with Gasteiger partial charge < -0.3 is 10.4 Å². The van der Waals surface area contributed by atoms with Gasteiger partial charge in [0.25, 0.3) is 5.91 Å². The number of carbonyl (C=O) groups excluding carboxylic acids is 1. The molecule has 2 N–H and O–H groups in total. The fraction of sp³-hybridized carbons (Fsp3) is 0.615. The maximum absolute atomic E-state index is 12.0. The Kier molecular flexibility index (Phi) is 4.19. The Morgan fingerprint density at radius 2 is 2.11 bits per heavy atom. The molecule has 0 unspecified atom stereocenters. The van der Waals surface area contributed by atoms with E-state index in [1.807, 2.05) is 0 Å². The van der Waals surface area contributed by atoms with Crippen LogP contribution >= 0.6 is 0 Å². The van der Waals surface area contributed by atoms with Crippen LogP contribution in [0.2, 0.25) is 0 Å². The third-order valence-corrected chi connectivity index (χ3v) is 3.52. The molecule has 1 aliphatic carbocycles. The lowest BCUT2D eigenvalue weighted by Crippen LogP contribution is -2.37. The molecule has 2 rings (SSSR count). The minimum absolute atomic E-state index is 0.216. The summed E-state index contributed by atoms with van der Waals surface area (Å²) < 4.78 is 1.25. The van der Waals surface area contributed by atoms with Gasteiger partial charge in [-0.05, 0) is 37.7 Å². The average molecular weight is 265 g/mol. The van der Waals surface area contributed by atoms with Crippen LogP contribution < -0.4 is 5.32 Å². The van der Waals surface area contributed by atoms with Crippen molar-refractivity contribution in [2.75, 3.05) is 0 Å². The van der Waals surface area contributed by atoms with Gasteiger partial charge in [0, 0.05) is 12.2 Å². The Labute approximate surface area is 111 Å². The van der Waals surface area contributed by atoms with Gasteiger partial charge in [-0.3, -0.25) is 14.3 Å². The predicted octanol–water partition coefficient (Wildman–Crippen LogP) is 1.28. The van der Waals surface area contributed by atoms with E-state index in [-0.39, 0.29) is 24.2 Å². The van der Waals surface area contributed by atoms with Crippen LogP contribution in [-0.2, 0) is 11.3 Å². The molecule has 1 heterocycles. The average Bonchev–Trinajstić information content (AvgIpc) is 2.80. The molecule has 1 fully saturated rings. The summed E-state index contributed by atoms with van der Waals surface area (Å²) >= 11 is 0. The van der Waals surface area contributed by atoms with Gasteiger partial charge in [-0.2, -0.15) is 5.10 Å². The molecule has 0 bridgehead atoms. The molecule has 1 aromatic rings. The number of nitrogens with one attached hydrogen (secondary N) is 1. The first-order chi connectivity index (χ1) is 9.04. The zero-order valence-electron chi connectivity index (χ0n) is 11.0. The van der Waals surface area contributed by atoms with E-state index >= 15 is 0 Å². The van der Waals surface area contributed by atoms with Crippen LogP contribution in [0.15, 0.2) is 12.3 Å². The Morgan fingerprint density at radius 1 is 1.42 bits per heavy atom. The van der Waals surface area contributed by atoms with Crippen molar-refractivity contribution in [1.29, 1.82) is 0 Å². The highest BCUT2D eigenvalue weighted by Gasteiger charge is 2.21. The van der Waals surface area contributed by atoms with Crippen molar-refractivity contribution in [2.24, 2.45) is 5.92 Å². The predicted molar refractivity (Wildman–Crippen MR) is 68.7 cm³/mol. The molecule has 6 nitrogen and oxygen atoms in total. The largest absolute Gasteiger partial charge is 0.480 e. The molecule has 1 aliphatic rings. The molecule has 6 heteroatoms. The molecular formula is C13H19N3O3. The second kappa shape index (κ2) is 5.86. The summed E-state index contributed by atoms with van der Waals surface area (Å²) in [5, 5.41) is 15.6. The van der Waals surface area contributed by atoms with Gasteiger partial charge in [0.1, 0.15) is 12.2 Å².